The van der Waals surface area contributed by atoms with Crippen LogP contribution >= 0.6 is 11.6 Å². The molecule has 7 nitrogen and oxygen atoms in total. The first-order valence-corrected chi connectivity index (χ1v) is 5.70. The van der Waals surface area contributed by atoms with Gasteiger partial charge in [0.25, 0.3) is 0 Å². The number of rotatable bonds is 5. The van der Waals surface area contributed by atoms with Crippen LogP contribution < -0.4 is 9.47 Å². The van der Waals surface area contributed by atoms with Gasteiger partial charge in [0.15, 0.2) is 18.1 Å². The zero-order valence-corrected chi connectivity index (χ0v) is 11.1. The topological polar surface area (TPSA) is 79.1 Å². The van der Waals surface area contributed by atoms with Gasteiger partial charge in [0.1, 0.15) is 6.29 Å². The summed E-state index contributed by atoms with van der Waals surface area (Å²) < 4.78 is 10.6. The van der Waals surface area contributed by atoms with Crippen molar-refractivity contribution in [2.45, 2.75) is 6.61 Å². The van der Waals surface area contributed by atoms with E-state index in [1.54, 1.807) is 7.05 Å². The molecule has 1 heterocycles. The van der Waals surface area contributed by atoms with E-state index in [1.165, 1.54) is 24.0 Å². The SMILES string of the molecule is COc1cc(C=O)cc(Cl)c1OCc1nnn(C)n1. The van der Waals surface area contributed by atoms with E-state index in [0.29, 0.717) is 29.2 Å². The number of aryl methyl sites for hydroxylation is 1. The Balaban J connectivity index is 2.21. The Morgan fingerprint density at radius 1 is 1.47 bits per heavy atom. The lowest BCUT2D eigenvalue weighted by atomic mass is 10.2. The largest absolute Gasteiger partial charge is 0.493 e. The molecule has 0 aliphatic rings. The fourth-order valence-electron chi connectivity index (χ4n) is 1.47. The molecule has 1 aromatic carbocycles. The molecule has 100 valence electrons. The fourth-order valence-corrected chi connectivity index (χ4v) is 1.74. The summed E-state index contributed by atoms with van der Waals surface area (Å²) in [6.07, 6.45) is 0.683. The Morgan fingerprint density at radius 3 is 2.84 bits per heavy atom. The van der Waals surface area contributed by atoms with E-state index < -0.39 is 0 Å². The molecule has 0 bridgehead atoms. The molecule has 0 N–H and O–H groups in total. The van der Waals surface area contributed by atoms with Crippen molar-refractivity contribution >= 4 is 17.9 Å². The standard InChI is InChI=1S/C11H11ClN4O3/c1-16-14-10(13-15-16)6-19-11-8(12)3-7(5-17)4-9(11)18-2/h3-5H,6H2,1-2H3. The van der Waals surface area contributed by atoms with Gasteiger partial charge in [0, 0.05) is 5.56 Å². The number of halogens is 1. The summed E-state index contributed by atoms with van der Waals surface area (Å²) in [7, 11) is 3.12. The fraction of sp³-hybridized carbons (Fsp3) is 0.273. The van der Waals surface area contributed by atoms with Gasteiger partial charge in [-0.15, -0.1) is 10.2 Å². The molecule has 0 unspecified atom stereocenters. The van der Waals surface area contributed by atoms with Gasteiger partial charge in [-0.2, -0.15) is 4.80 Å². The van der Waals surface area contributed by atoms with E-state index >= 15 is 0 Å². The summed E-state index contributed by atoms with van der Waals surface area (Å²) >= 11 is 6.04. The number of hydrogen-bond acceptors (Lipinski definition) is 6. The van der Waals surface area contributed by atoms with Crippen LogP contribution in [-0.2, 0) is 13.7 Å². The molecule has 0 aliphatic carbocycles. The molecule has 0 atom stereocenters. The lowest BCUT2D eigenvalue weighted by molar-refractivity contribution is 0.112. The Morgan fingerprint density at radius 2 is 2.26 bits per heavy atom. The Hall–Kier alpha value is -2.15. The van der Waals surface area contributed by atoms with Crippen LogP contribution in [-0.4, -0.2) is 33.6 Å². The van der Waals surface area contributed by atoms with Crippen LogP contribution in [0, 0.1) is 0 Å². The van der Waals surface area contributed by atoms with Crippen LogP contribution in [0.1, 0.15) is 16.2 Å². The molecule has 8 heteroatoms. The Labute approximate surface area is 114 Å². The third-order valence-corrected chi connectivity index (χ3v) is 2.56. The van der Waals surface area contributed by atoms with E-state index in [-0.39, 0.29) is 11.6 Å². The Kier molecular flexibility index (Phi) is 3.96. The normalized spacial score (nSPS) is 10.3. The van der Waals surface area contributed by atoms with E-state index in [2.05, 4.69) is 15.4 Å². The van der Waals surface area contributed by atoms with Crippen molar-refractivity contribution in [2.24, 2.45) is 7.05 Å². The van der Waals surface area contributed by atoms with Crippen LogP contribution in [0.3, 0.4) is 0 Å². The summed E-state index contributed by atoms with van der Waals surface area (Å²) in [5.74, 6) is 1.13. The minimum atomic E-state index is 0.102. The molecule has 1 aromatic heterocycles. The van der Waals surface area contributed by atoms with Crippen molar-refractivity contribution in [3.8, 4) is 11.5 Å². The predicted octanol–water partition coefficient (Wildman–Crippen LogP) is 1.26. The van der Waals surface area contributed by atoms with Gasteiger partial charge in [-0.05, 0) is 17.3 Å². The number of benzene rings is 1. The van der Waals surface area contributed by atoms with E-state index in [4.69, 9.17) is 21.1 Å². The van der Waals surface area contributed by atoms with E-state index in [0.717, 1.165) is 0 Å². The summed E-state index contributed by atoms with van der Waals surface area (Å²) in [4.78, 5) is 12.1. The summed E-state index contributed by atoms with van der Waals surface area (Å²) in [6.45, 7) is 0.102. The molecule has 0 spiro atoms. The summed E-state index contributed by atoms with van der Waals surface area (Å²) in [5, 5.41) is 11.7. The highest BCUT2D eigenvalue weighted by Gasteiger charge is 2.13. The average molecular weight is 283 g/mol. The van der Waals surface area contributed by atoms with Crippen LogP contribution in [0.15, 0.2) is 12.1 Å². The second kappa shape index (κ2) is 5.66. The van der Waals surface area contributed by atoms with Crippen LogP contribution in [0.2, 0.25) is 5.02 Å². The number of carbonyl (C=O) groups excluding carboxylic acids is 1. The second-order valence-electron chi connectivity index (χ2n) is 3.64. The van der Waals surface area contributed by atoms with Gasteiger partial charge in [0.05, 0.1) is 19.2 Å². The number of methoxy groups -OCH3 is 1. The highest BCUT2D eigenvalue weighted by atomic mass is 35.5. The van der Waals surface area contributed by atoms with Crippen molar-refractivity contribution in [2.75, 3.05) is 7.11 Å². The van der Waals surface area contributed by atoms with Gasteiger partial charge in [-0.25, -0.2) is 0 Å². The van der Waals surface area contributed by atoms with Crippen molar-refractivity contribution in [1.29, 1.82) is 0 Å². The predicted molar refractivity (Wildman–Crippen MR) is 66.5 cm³/mol. The molecule has 0 saturated carbocycles. The van der Waals surface area contributed by atoms with Crippen molar-refractivity contribution in [3.63, 3.8) is 0 Å². The van der Waals surface area contributed by atoms with E-state index in [9.17, 15) is 4.79 Å². The number of aromatic nitrogens is 4. The monoisotopic (exact) mass is 282 g/mol. The van der Waals surface area contributed by atoms with Crippen LogP contribution in [0.5, 0.6) is 11.5 Å². The molecule has 0 saturated heterocycles. The van der Waals surface area contributed by atoms with Gasteiger partial charge in [-0.3, -0.25) is 4.79 Å². The third-order valence-electron chi connectivity index (χ3n) is 2.28. The van der Waals surface area contributed by atoms with Gasteiger partial charge in [-0.1, -0.05) is 11.6 Å². The number of ether oxygens (including phenoxy) is 2. The van der Waals surface area contributed by atoms with Gasteiger partial charge >= 0.3 is 0 Å². The maximum absolute atomic E-state index is 10.7. The first-order valence-electron chi connectivity index (χ1n) is 5.32. The highest BCUT2D eigenvalue weighted by molar-refractivity contribution is 6.32. The third kappa shape index (κ3) is 3.00. The van der Waals surface area contributed by atoms with Crippen LogP contribution in [0.4, 0.5) is 0 Å². The first kappa shape index (κ1) is 13.3. The number of aldehydes is 1. The lowest BCUT2D eigenvalue weighted by Gasteiger charge is -2.11. The molecule has 0 radical (unpaired) electrons. The number of tetrazole rings is 1. The molecule has 0 fully saturated rings. The van der Waals surface area contributed by atoms with Gasteiger partial charge < -0.3 is 9.47 Å². The minimum absolute atomic E-state index is 0.102. The second-order valence-corrected chi connectivity index (χ2v) is 4.04. The molecule has 0 aliphatic heterocycles. The Bertz CT molecular complexity index is 600. The average Bonchev–Trinajstić information content (AvgIpc) is 2.82. The molecule has 2 aromatic rings. The number of nitrogens with zero attached hydrogens (tertiary/aromatic N) is 4. The number of carbonyl (C=O) groups is 1. The summed E-state index contributed by atoms with van der Waals surface area (Å²) in [5.41, 5.74) is 0.409. The lowest BCUT2D eigenvalue weighted by Crippen LogP contribution is -2.01. The molecular weight excluding hydrogens is 272 g/mol. The van der Waals surface area contributed by atoms with Crippen LogP contribution in [0.25, 0.3) is 0 Å². The smallest absolute Gasteiger partial charge is 0.212 e. The zero-order chi connectivity index (χ0) is 13.8. The molecule has 2 rings (SSSR count). The molecular formula is C11H11ClN4O3. The molecule has 0 amide bonds. The zero-order valence-electron chi connectivity index (χ0n) is 10.3. The quantitative estimate of drug-likeness (QED) is 0.768. The first-order chi connectivity index (χ1) is 9.13. The van der Waals surface area contributed by atoms with E-state index in [1.807, 2.05) is 0 Å². The van der Waals surface area contributed by atoms with Gasteiger partial charge in [0.2, 0.25) is 5.82 Å². The minimum Gasteiger partial charge on any atom is -0.493 e. The maximum Gasteiger partial charge on any atom is 0.212 e. The van der Waals surface area contributed by atoms with Crippen molar-refractivity contribution in [3.05, 3.63) is 28.5 Å². The summed E-state index contributed by atoms with van der Waals surface area (Å²) in [6, 6.07) is 3.04. The maximum atomic E-state index is 10.7. The number of hydrogen-bond donors (Lipinski definition) is 0. The molecule has 19 heavy (non-hydrogen) atoms. The van der Waals surface area contributed by atoms with Crippen molar-refractivity contribution in [1.82, 2.24) is 20.2 Å². The highest BCUT2D eigenvalue weighted by Crippen LogP contribution is 2.36. The van der Waals surface area contributed by atoms with Crippen molar-refractivity contribution < 1.29 is 14.3 Å².